The number of β-lactam (4-membered cyclic amide) rings is 1. The van der Waals surface area contributed by atoms with Crippen molar-refractivity contribution in [3.8, 4) is 0 Å². The quantitative estimate of drug-likeness (QED) is 0.628. The van der Waals surface area contributed by atoms with E-state index in [-0.39, 0.29) is 29.5 Å². The monoisotopic (exact) mass is 277 g/mol. The number of methoxy groups -OCH3 is 1. The molecule has 3 rings (SSSR count). The number of aliphatic carboxylic acids is 1. The maximum Gasteiger partial charge on any atom is 0.352 e. The molecule has 0 spiro atoms. The Balaban J connectivity index is 2.06. The van der Waals surface area contributed by atoms with Gasteiger partial charge in [0.2, 0.25) is 0 Å². The van der Waals surface area contributed by atoms with Crippen LogP contribution in [0.15, 0.2) is 22.9 Å². The van der Waals surface area contributed by atoms with Gasteiger partial charge in [-0.05, 0) is 25.3 Å². The van der Waals surface area contributed by atoms with Gasteiger partial charge in [0, 0.05) is 24.5 Å². The van der Waals surface area contributed by atoms with Gasteiger partial charge in [-0.25, -0.2) is 4.79 Å². The Kier molecular flexibility index (Phi) is 3.17. The maximum atomic E-state index is 12.1. The molecule has 20 heavy (non-hydrogen) atoms. The molecule has 0 aromatic carbocycles. The molecule has 1 saturated carbocycles. The normalized spacial score (nSPS) is 34.1. The molecular formula is C15H19NO4. The van der Waals surface area contributed by atoms with E-state index in [0.29, 0.717) is 6.61 Å². The van der Waals surface area contributed by atoms with Gasteiger partial charge < -0.3 is 9.84 Å². The van der Waals surface area contributed by atoms with Gasteiger partial charge >= 0.3 is 5.97 Å². The summed E-state index contributed by atoms with van der Waals surface area (Å²) in [6.07, 6.45) is 4.78. The summed E-state index contributed by atoms with van der Waals surface area (Å²) < 4.78 is 5.24. The Hall–Kier alpha value is -1.62. The van der Waals surface area contributed by atoms with Crippen LogP contribution in [0, 0.1) is 11.8 Å². The third-order valence-electron chi connectivity index (χ3n) is 4.75. The minimum atomic E-state index is -0.987. The first-order valence-electron chi connectivity index (χ1n) is 7.07. The van der Waals surface area contributed by atoms with Crippen molar-refractivity contribution < 1.29 is 19.4 Å². The van der Waals surface area contributed by atoms with Crippen molar-refractivity contribution in [2.24, 2.45) is 11.8 Å². The van der Waals surface area contributed by atoms with E-state index in [9.17, 15) is 14.7 Å². The third-order valence-corrected chi connectivity index (χ3v) is 4.75. The van der Waals surface area contributed by atoms with E-state index >= 15 is 0 Å². The highest BCUT2D eigenvalue weighted by Gasteiger charge is 2.57. The van der Waals surface area contributed by atoms with Crippen LogP contribution in [0.25, 0.3) is 0 Å². The molecule has 1 saturated heterocycles. The van der Waals surface area contributed by atoms with E-state index in [4.69, 9.17) is 4.74 Å². The molecule has 0 radical (unpaired) electrons. The highest BCUT2D eigenvalue weighted by atomic mass is 16.5. The average Bonchev–Trinajstić information content (AvgIpc) is 2.72. The second kappa shape index (κ2) is 4.74. The van der Waals surface area contributed by atoms with Crippen LogP contribution in [0.4, 0.5) is 0 Å². The predicted octanol–water partition coefficient (Wildman–Crippen LogP) is 1.56. The van der Waals surface area contributed by atoms with Crippen LogP contribution >= 0.6 is 0 Å². The molecule has 1 N–H and O–H groups in total. The number of hydrogen-bond acceptors (Lipinski definition) is 3. The summed E-state index contributed by atoms with van der Waals surface area (Å²) in [5.41, 5.74) is 1.92. The predicted molar refractivity (Wildman–Crippen MR) is 71.8 cm³/mol. The van der Waals surface area contributed by atoms with Crippen LogP contribution in [0.2, 0.25) is 0 Å². The van der Waals surface area contributed by atoms with E-state index in [1.807, 2.05) is 13.0 Å². The Labute approximate surface area is 117 Å². The third kappa shape index (κ3) is 1.59. The Morgan fingerprint density at radius 1 is 1.50 bits per heavy atom. The molecule has 1 amide bonds. The Morgan fingerprint density at radius 3 is 2.85 bits per heavy atom. The fourth-order valence-electron chi connectivity index (χ4n) is 4.03. The van der Waals surface area contributed by atoms with Gasteiger partial charge in [0.1, 0.15) is 5.70 Å². The first-order chi connectivity index (χ1) is 9.61. The fourth-order valence-corrected chi connectivity index (χ4v) is 4.03. The summed E-state index contributed by atoms with van der Waals surface area (Å²) in [6, 6.07) is -0.0479. The number of nitrogens with zero attached hydrogens (tertiary/aromatic N) is 1. The van der Waals surface area contributed by atoms with Crippen LogP contribution in [0.5, 0.6) is 0 Å². The number of hydrogen-bond donors (Lipinski definition) is 1. The molecule has 2 heterocycles. The van der Waals surface area contributed by atoms with Crippen molar-refractivity contribution in [3.63, 3.8) is 0 Å². The lowest BCUT2D eigenvalue weighted by molar-refractivity contribution is -0.142. The highest BCUT2D eigenvalue weighted by molar-refractivity contribution is 6.09. The van der Waals surface area contributed by atoms with Crippen LogP contribution in [-0.2, 0) is 14.3 Å². The summed E-state index contributed by atoms with van der Waals surface area (Å²) in [5.74, 6) is -0.841. The van der Waals surface area contributed by atoms with Gasteiger partial charge in [-0.2, -0.15) is 0 Å². The first kappa shape index (κ1) is 13.4. The second-order valence-electron chi connectivity index (χ2n) is 5.66. The smallest absolute Gasteiger partial charge is 0.352 e. The van der Waals surface area contributed by atoms with Crippen molar-refractivity contribution in [2.45, 2.75) is 32.2 Å². The van der Waals surface area contributed by atoms with Crippen LogP contribution in [0.3, 0.4) is 0 Å². The Morgan fingerprint density at radius 2 is 2.25 bits per heavy atom. The molecule has 3 atom stereocenters. The number of ether oxygens (including phenoxy) is 1. The molecule has 2 fully saturated rings. The molecule has 0 unspecified atom stereocenters. The topological polar surface area (TPSA) is 66.8 Å². The molecule has 0 bridgehead atoms. The highest BCUT2D eigenvalue weighted by Crippen LogP contribution is 2.52. The summed E-state index contributed by atoms with van der Waals surface area (Å²) in [7, 11) is 1.64. The standard InChI is InChI=1S/C15H19NO4/c1-3-9-12-10-6-4-5-8(7-20-2)11(10)13(15(18)19)16(12)14(9)17/h3,8,10,12H,4-7H2,1-2H3,(H,18,19)/b9-3+/t8-,10+,12+/m1/s1. The number of fused-ring (bicyclic) bond motifs is 3. The van der Waals surface area contributed by atoms with Gasteiger partial charge in [-0.1, -0.05) is 12.5 Å². The fraction of sp³-hybridized carbons (Fsp3) is 0.600. The molecule has 0 aromatic heterocycles. The van der Waals surface area contributed by atoms with Gasteiger partial charge in [0.05, 0.1) is 12.6 Å². The van der Waals surface area contributed by atoms with E-state index in [1.165, 1.54) is 4.90 Å². The van der Waals surface area contributed by atoms with Gasteiger partial charge in [0.25, 0.3) is 5.91 Å². The van der Waals surface area contributed by atoms with Crippen molar-refractivity contribution in [2.75, 3.05) is 13.7 Å². The number of allylic oxidation sites excluding steroid dienone is 1. The van der Waals surface area contributed by atoms with E-state index in [0.717, 1.165) is 30.4 Å². The summed E-state index contributed by atoms with van der Waals surface area (Å²) >= 11 is 0. The number of carboxylic acid groups (broad SMARTS) is 1. The summed E-state index contributed by atoms with van der Waals surface area (Å²) in [5, 5.41) is 9.52. The lowest BCUT2D eigenvalue weighted by atomic mass is 9.72. The Bertz CT molecular complexity index is 532. The summed E-state index contributed by atoms with van der Waals surface area (Å²) in [4.78, 5) is 25.2. The average molecular weight is 277 g/mol. The van der Waals surface area contributed by atoms with Gasteiger partial charge in [0.15, 0.2) is 0 Å². The van der Waals surface area contributed by atoms with E-state index < -0.39 is 5.97 Å². The van der Waals surface area contributed by atoms with Crippen LogP contribution < -0.4 is 0 Å². The molecule has 2 aliphatic heterocycles. The number of amides is 1. The molecule has 3 aliphatic rings. The summed E-state index contributed by atoms with van der Waals surface area (Å²) in [6.45, 7) is 2.38. The number of carbonyl (C=O) groups is 2. The second-order valence-corrected chi connectivity index (χ2v) is 5.66. The van der Waals surface area contributed by atoms with E-state index in [2.05, 4.69) is 0 Å². The lowest BCUT2D eigenvalue weighted by Gasteiger charge is -2.42. The lowest BCUT2D eigenvalue weighted by Crippen LogP contribution is -2.54. The zero-order chi connectivity index (χ0) is 14.4. The number of carbonyl (C=O) groups excluding carboxylic acids is 1. The zero-order valence-corrected chi connectivity index (χ0v) is 11.8. The van der Waals surface area contributed by atoms with Crippen molar-refractivity contribution in [1.82, 2.24) is 4.90 Å². The van der Waals surface area contributed by atoms with E-state index in [1.54, 1.807) is 7.11 Å². The van der Waals surface area contributed by atoms with Crippen LogP contribution in [0.1, 0.15) is 26.2 Å². The van der Waals surface area contributed by atoms with Crippen molar-refractivity contribution in [1.29, 1.82) is 0 Å². The van der Waals surface area contributed by atoms with Crippen molar-refractivity contribution >= 4 is 11.9 Å². The SMILES string of the molecule is C/C=C1/C(=O)N2C(C(=O)O)=C3[C@@H](COC)CCC[C@@H]3[C@H]12. The molecule has 1 aliphatic carbocycles. The number of rotatable bonds is 3. The van der Waals surface area contributed by atoms with Gasteiger partial charge in [-0.3, -0.25) is 9.69 Å². The zero-order valence-electron chi connectivity index (χ0n) is 11.8. The first-order valence-corrected chi connectivity index (χ1v) is 7.07. The maximum absolute atomic E-state index is 12.1. The minimum Gasteiger partial charge on any atom is -0.477 e. The molecular weight excluding hydrogens is 258 g/mol. The van der Waals surface area contributed by atoms with Gasteiger partial charge in [-0.15, -0.1) is 0 Å². The largest absolute Gasteiger partial charge is 0.477 e. The van der Waals surface area contributed by atoms with Crippen LogP contribution in [-0.4, -0.2) is 41.6 Å². The minimum absolute atomic E-state index is 0.0479. The molecule has 5 nitrogen and oxygen atoms in total. The number of carboxylic acids is 1. The molecule has 0 aromatic rings. The van der Waals surface area contributed by atoms with Crippen molar-refractivity contribution in [3.05, 3.63) is 22.9 Å². The molecule has 5 heteroatoms. The molecule has 108 valence electrons.